The second kappa shape index (κ2) is 6.89. The molecule has 0 spiro atoms. The number of hydrogen-bond acceptors (Lipinski definition) is 3. The van der Waals surface area contributed by atoms with Crippen molar-refractivity contribution in [3.05, 3.63) is 0 Å². The average molecular weight is 268 g/mol. The van der Waals surface area contributed by atoms with Crippen molar-refractivity contribution >= 4 is 11.8 Å². The first-order valence-corrected chi connectivity index (χ1v) is 7.36. The fourth-order valence-corrected chi connectivity index (χ4v) is 2.34. The van der Waals surface area contributed by atoms with E-state index in [-0.39, 0.29) is 24.4 Å². The lowest BCUT2D eigenvalue weighted by Crippen LogP contribution is -2.58. The summed E-state index contributed by atoms with van der Waals surface area (Å²) < 4.78 is 5.55. The van der Waals surface area contributed by atoms with Crippen molar-refractivity contribution in [2.75, 3.05) is 26.3 Å². The zero-order chi connectivity index (χ0) is 13.7. The van der Waals surface area contributed by atoms with Gasteiger partial charge in [0.15, 0.2) is 0 Å². The summed E-state index contributed by atoms with van der Waals surface area (Å²) in [6, 6.07) is -0.321. The predicted molar refractivity (Wildman–Crippen MR) is 71.6 cm³/mol. The summed E-state index contributed by atoms with van der Waals surface area (Å²) in [5.41, 5.74) is 0. The van der Waals surface area contributed by atoms with Crippen LogP contribution in [0.3, 0.4) is 0 Å². The molecule has 19 heavy (non-hydrogen) atoms. The van der Waals surface area contributed by atoms with Crippen molar-refractivity contribution in [1.82, 2.24) is 10.2 Å². The van der Waals surface area contributed by atoms with Gasteiger partial charge >= 0.3 is 0 Å². The molecule has 1 N–H and O–H groups in total. The molecule has 108 valence electrons. The molecule has 0 aromatic carbocycles. The fourth-order valence-electron chi connectivity index (χ4n) is 2.34. The van der Waals surface area contributed by atoms with Crippen molar-refractivity contribution in [2.45, 2.75) is 45.1 Å². The Hall–Kier alpha value is -1.10. The molecule has 2 aliphatic rings. The van der Waals surface area contributed by atoms with E-state index in [2.05, 4.69) is 5.32 Å². The van der Waals surface area contributed by atoms with E-state index in [0.29, 0.717) is 13.2 Å². The van der Waals surface area contributed by atoms with Gasteiger partial charge in [-0.2, -0.15) is 0 Å². The van der Waals surface area contributed by atoms with Gasteiger partial charge < -0.3 is 15.0 Å². The normalized spacial score (nSPS) is 23.6. The number of ether oxygens (including phenoxy) is 1. The van der Waals surface area contributed by atoms with Gasteiger partial charge in [0.1, 0.15) is 6.04 Å². The van der Waals surface area contributed by atoms with Gasteiger partial charge in [0.2, 0.25) is 11.8 Å². The molecule has 2 amide bonds. The first-order valence-electron chi connectivity index (χ1n) is 7.36. The molecule has 1 saturated heterocycles. The highest BCUT2D eigenvalue weighted by Gasteiger charge is 2.31. The predicted octanol–water partition coefficient (Wildman–Crippen LogP) is 0.930. The maximum atomic E-state index is 12.1. The number of rotatable bonds is 8. The Balaban J connectivity index is 1.67. The largest absolute Gasteiger partial charge is 0.381 e. The van der Waals surface area contributed by atoms with Gasteiger partial charge in [-0.3, -0.25) is 9.59 Å². The number of piperazine rings is 1. The highest BCUT2D eigenvalue weighted by atomic mass is 16.5. The van der Waals surface area contributed by atoms with Gasteiger partial charge in [0, 0.05) is 19.8 Å². The monoisotopic (exact) mass is 268 g/mol. The molecule has 5 nitrogen and oxygen atoms in total. The molecule has 0 bridgehead atoms. The van der Waals surface area contributed by atoms with E-state index in [9.17, 15) is 9.59 Å². The van der Waals surface area contributed by atoms with Crippen LogP contribution >= 0.6 is 0 Å². The van der Waals surface area contributed by atoms with E-state index >= 15 is 0 Å². The third-order valence-corrected chi connectivity index (χ3v) is 3.62. The van der Waals surface area contributed by atoms with Crippen LogP contribution in [0.5, 0.6) is 0 Å². The highest BCUT2D eigenvalue weighted by Crippen LogP contribution is 2.28. The van der Waals surface area contributed by atoms with Gasteiger partial charge in [0.25, 0.3) is 0 Å². The summed E-state index contributed by atoms with van der Waals surface area (Å²) in [5.74, 6) is 0.789. The quantitative estimate of drug-likeness (QED) is 0.666. The molecule has 0 aromatic rings. The minimum absolute atomic E-state index is 0.0445. The van der Waals surface area contributed by atoms with E-state index in [1.807, 2.05) is 6.92 Å². The van der Waals surface area contributed by atoms with Crippen LogP contribution in [0.2, 0.25) is 0 Å². The highest BCUT2D eigenvalue weighted by molar-refractivity contribution is 5.94. The van der Waals surface area contributed by atoms with Crippen LogP contribution in [-0.2, 0) is 14.3 Å². The van der Waals surface area contributed by atoms with Crippen molar-refractivity contribution in [2.24, 2.45) is 5.92 Å². The van der Waals surface area contributed by atoms with Crippen LogP contribution in [0.15, 0.2) is 0 Å². The third-order valence-electron chi connectivity index (χ3n) is 3.62. The van der Waals surface area contributed by atoms with E-state index in [0.717, 1.165) is 31.8 Å². The van der Waals surface area contributed by atoms with Gasteiger partial charge in [-0.05, 0) is 31.6 Å². The number of nitrogens with zero attached hydrogens (tertiary/aromatic N) is 1. The molecule has 1 saturated carbocycles. The first kappa shape index (κ1) is 14.3. The molecular weight excluding hydrogens is 244 g/mol. The Morgan fingerprint density at radius 2 is 2.16 bits per heavy atom. The Morgan fingerprint density at radius 3 is 2.84 bits per heavy atom. The Labute approximate surface area is 114 Å². The van der Waals surface area contributed by atoms with E-state index in [1.165, 1.54) is 12.8 Å². The summed E-state index contributed by atoms with van der Waals surface area (Å²) in [7, 11) is 0. The molecule has 1 aliphatic carbocycles. The van der Waals surface area contributed by atoms with Crippen molar-refractivity contribution in [3.8, 4) is 0 Å². The molecule has 2 rings (SSSR count). The summed E-state index contributed by atoms with van der Waals surface area (Å²) in [5, 5.41) is 2.76. The standard InChI is InChI=1S/C14H24N2O3/c1-2-4-12-14(18)16(9-13(17)15-12)7-3-8-19-10-11-5-6-11/h11-12H,2-10H2,1H3,(H,15,17). The number of carbonyl (C=O) groups is 2. The third kappa shape index (κ3) is 4.49. The Morgan fingerprint density at radius 1 is 1.37 bits per heavy atom. The van der Waals surface area contributed by atoms with Gasteiger partial charge in [-0.25, -0.2) is 0 Å². The molecule has 2 fully saturated rings. The van der Waals surface area contributed by atoms with Gasteiger partial charge in [0.05, 0.1) is 6.54 Å². The van der Waals surface area contributed by atoms with Crippen LogP contribution < -0.4 is 5.32 Å². The van der Waals surface area contributed by atoms with Crippen LogP contribution in [-0.4, -0.2) is 49.1 Å². The topological polar surface area (TPSA) is 58.6 Å². The lowest BCUT2D eigenvalue weighted by molar-refractivity contribution is -0.144. The lowest BCUT2D eigenvalue weighted by atomic mass is 10.1. The summed E-state index contributed by atoms with van der Waals surface area (Å²) in [6.45, 7) is 4.37. The molecule has 1 aliphatic heterocycles. The van der Waals surface area contributed by atoms with E-state index in [4.69, 9.17) is 4.74 Å². The molecule has 1 unspecified atom stereocenters. The van der Waals surface area contributed by atoms with Crippen LogP contribution in [0, 0.1) is 5.92 Å². The molecule has 0 radical (unpaired) electrons. The lowest BCUT2D eigenvalue weighted by Gasteiger charge is -2.32. The summed E-state index contributed by atoms with van der Waals surface area (Å²) >= 11 is 0. The molecular formula is C14H24N2O3. The molecule has 1 heterocycles. The van der Waals surface area contributed by atoms with E-state index in [1.54, 1.807) is 4.90 Å². The number of amides is 2. The van der Waals surface area contributed by atoms with Crippen molar-refractivity contribution in [3.63, 3.8) is 0 Å². The smallest absolute Gasteiger partial charge is 0.245 e. The number of nitrogens with one attached hydrogen (secondary N) is 1. The molecule has 1 atom stereocenters. The van der Waals surface area contributed by atoms with Gasteiger partial charge in [-0.1, -0.05) is 13.3 Å². The zero-order valence-electron chi connectivity index (χ0n) is 11.7. The van der Waals surface area contributed by atoms with Crippen molar-refractivity contribution < 1.29 is 14.3 Å². The number of hydrogen-bond donors (Lipinski definition) is 1. The van der Waals surface area contributed by atoms with Gasteiger partial charge in [-0.15, -0.1) is 0 Å². The zero-order valence-corrected chi connectivity index (χ0v) is 11.7. The maximum Gasteiger partial charge on any atom is 0.245 e. The summed E-state index contributed by atoms with van der Waals surface area (Å²) in [4.78, 5) is 25.3. The van der Waals surface area contributed by atoms with Crippen LogP contribution in [0.1, 0.15) is 39.0 Å². The average Bonchev–Trinajstić information content (AvgIpc) is 3.18. The SMILES string of the molecule is CCCC1NC(=O)CN(CCCOCC2CC2)C1=O. The van der Waals surface area contributed by atoms with Crippen LogP contribution in [0.4, 0.5) is 0 Å². The second-order valence-corrected chi connectivity index (χ2v) is 5.54. The Kier molecular flexibility index (Phi) is 5.19. The van der Waals surface area contributed by atoms with E-state index < -0.39 is 0 Å². The second-order valence-electron chi connectivity index (χ2n) is 5.54. The number of carbonyl (C=O) groups excluding carboxylic acids is 2. The molecule has 5 heteroatoms. The maximum absolute atomic E-state index is 12.1. The fraction of sp³-hybridized carbons (Fsp3) is 0.857. The minimum atomic E-state index is -0.321. The summed E-state index contributed by atoms with van der Waals surface area (Å²) in [6.07, 6.45) is 5.02. The first-order chi connectivity index (χ1) is 9.20. The molecule has 0 aromatic heterocycles. The van der Waals surface area contributed by atoms with Crippen LogP contribution in [0.25, 0.3) is 0 Å². The minimum Gasteiger partial charge on any atom is -0.381 e. The Bertz CT molecular complexity index is 329. The van der Waals surface area contributed by atoms with Crippen molar-refractivity contribution in [1.29, 1.82) is 0 Å².